The Balaban J connectivity index is 1.94. The van der Waals surface area contributed by atoms with Crippen molar-refractivity contribution < 1.29 is 9.90 Å². The average Bonchev–Trinajstić information content (AvgIpc) is 2.78. The number of nitrogens with one attached hydrogen (secondary N) is 1. The molecule has 2 rings (SSSR count). The van der Waals surface area contributed by atoms with Crippen molar-refractivity contribution in [2.75, 3.05) is 12.3 Å². The second-order valence-electron chi connectivity index (χ2n) is 4.23. The number of aromatic nitrogens is 2. The van der Waals surface area contributed by atoms with Crippen LogP contribution in [0.25, 0.3) is 0 Å². The summed E-state index contributed by atoms with van der Waals surface area (Å²) in [5.41, 5.74) is 6.31. The normalized spacial score (nSPS) is 10.4. The van der Waals surface area contributed by atoms with Gasteiger partial charge in [0.25, 0.3) is 5.91 Å². The third kappa shape index (κ3) is 3.04. The number of rotatable bonds is 4. The lowest BCUT2D eigenvalue weighted by Gasteiger charge is -2.08. The molecule has 0 aliphatic rings. The largest absolute Gasteiger partial charge is 0.508 e. The number of imidazole rings is 1. The fourth-order valence-corrected chi connectivity index (χ4v) is 1.76. The van der Waals surface area contributed by atoms with Gasteiger partial charge in [-0.1, -0.05) is 0 Å². The highest BCUT2D eigenvalue weighted by molar-refractivity contribution is 5.99. The summed E-state index contributed by atoms with van der Waals surface area (Å²) in [5, 5.41) is 12.1. The quantitative estimate of drug-likeness (QED) is 0.556. The minimum absolute atomic E-state index is 0.0171. The van der Waals surface area contributed by atoms with Gasteiger partial charge in [0.05, 0.1) is 5.56 Å². The molecule has 0 bridgehead atoms. The maximum atomic E-state index is 11.9. The van der Waals surface area contributed by atoms with Crippen LogP contribution in [0.2, 0.25) is 0 Å². The number of aryl methyl sites for hydroxylation is 1. The molecule has 4 N–H and O–H groups in total. The molecule has 0 radical (unpaired) electrons. The molecule has 0 saturated heterocycles. The van der Waals surface area contributed by atoms with Crippen LogP contribution in [0.3, 0.4) is 0 Å². The number of carbonyl (C=O) groups excluding carboxylic acids is 1. The van der Waals surface area contributed by atoms with E-state index in [1.165, 1.54) is 18.2 Å². The summed E-state index contributed by atoms with van der Waals surface area (Å²) in [6.07, 6.45) is 4.20. The highest BCUT2D eigenvalue weighted by Gasteiger charge is 2.10. The predicted octanol–water partition coefficient (Wildman–Crippen LogP) is 0.680. The molecular formula is C13H16N4O2. The summed E-state index contributed by atoms with van der Waals surface area (Å²) < 4.78 is 1.90. The van der Waals surface area contributed by atoms with Crippen molar-refractivity contribution in [3.8, 4) is 5.75 Å². The van der Waals surface area contributed by atoms with Gasteiger partial charge in [-0.2, -0.15) is 0 Å². The predicted molar refractivity (Wildman–Crippen MR) is 71.8 cm³/mol. The van der Waals surface area contributed by atoms with Crippen LogP contribution in [0.5, 0.6) is 5.75 Å². The highest BCUT2D eigenvalue weighted by Crippen LogP contribution is 2.18. The van der Waals surface area contributed by atoms with Gasteiger partial charge in [0, 0.05) is 38.1 Å². The molecule has 19 heavy (non-hydrogen) atoms. The molecule has 0 spiro atoms. The van der Waals surface area contributed by atoms with Crippen LogP contribution >= 0.6 is 0 Å². The minimum atomic E-state index is -0.303. The topological polar surface area (TPSA) is 93.2 Å². The van der Waals surface area contributed by atoms with E-state index >= 15 is 0 Å². The second kappa shape index (κ2) is 5.43. The summed E-state index contributed by atoms with van der Waals surface area (Å²) in [6.45, 7) is 0.457. The first-order chi connectivity index (χ1) is 9.08. The fraction of sp³-hybridized carbons (Fsp3) is 0.231. The van der Waals surface area contributed by atoms with E-state index in [1.807, 2.05) is 17.8 Å². The van der Waals surface area contributed by atoms with Gasteiger partial charge in [-0.05, 0) is 18.2 Å². The maximum absolute atomic E-state index is 11.9. The SMILES string of the molecule is Cn1ccnc1CCNC(=O)c1cc(O)ccc1N. The molecule has 1 heterocycles. The van der Waals surface area contributed by atoms with Crippen molar-refractivity contribution in [3.05, 3.63) is 42.0 Å². The van der Waals surface area contributed by atoms with Crippen LogP contribution in [0, 0.1) is 0 Å². The minimum Gasteiger partial charge on any atom is -0.508 e. The summed E-state index contributed by atoms with van der Waals surface area (Å²) in [7, 11) is 1.90. The Hall–Kier alpha value is -2.50. The molecule has 6 nitrogen and oxygen atoms in total. The number of aromatic hydroxyl groups is 1. The molecule has 1 aromatic carbocycles. The first-order valence-electron chi connectivity index (χ1n) is 5.91. The van der Waals surface area contributed by atoms with Crippen molar-refractivity contribution in [3.63, 3.8) is 0 Å². The number of benzene rings is 1. The van der Waals surface area contributed by atoms with Crippen molar-refractivity contribution >= 4 is 11.6 Å². The lowest BCUT2D eigenvalue weighted by molar-refractivity contribution is 0.0954. The zero-order valence-corrected chi connectivity index (χ0v) is 10.6. The number of phenols is 1. The third-order valence-electron chi connectivity index (χ3n) is 2.84. The van der Waals surface area contributed by atoms with Crippen LogP contribution in [0.15, 0.2) is 30.6 Å². The highest BCUT2D eigenvalue weighted by atomic mass is 16.3. The summed E-state index contributed by atoms with van der Waals surface area (Å²) in [4.78, 5) is 16.1. The van der Waals surface area contributed by atoms with Gasteiger partial charge in [0.2, 0.25) is 0 Å². The lowest BCUT2D eigenvalue weighted by atomic mass is 10.1. The van der Waals surface area contributed by atoms with Gasteiger partial charge in [-0.25, -0.2) is 4.98 Å². The van der Waals surface area contributed by atoms with Crippen molar-refractivity contribution in [2.24, 2.45) is 7.05 Å². The Morgan fingerprint density at radius 2 is 2.32 bits per heavy atom. The summed E-state index contributed by atoms with van der Waals surface area (Å²) >= 11 is 0. The van der Waals surface area contributed by atoms with Crippen LogP contribution in [-0.4, -0.2) is 27.1 Å². The van der Waals surface area contributed by atoms with E-state index in [9.17, 15) is 9.90 Å². The van der Waals surface area contributed by atoms with Gasteiger partial charge in [-0.15, -0.1) is 0 Å². The van der Waals surface area contributed by atoms with Crippen LogP contribution < -0.4 is 11.1 Å². The molecule has 0 fully saturated rings. The number of hydrogen-bond acceptors (Lipinski definition) is 4. The lowest BCUT2D eigenvalue weighted by Crippen LogP contribution is -2.27. The molecule has 0 aliphatic carbocycles. The number of nitrogens with two attached hydrogens (primary N) is 1. The van der Waals surface area contributed by atoms with E-state index in [1.54, 1.807) is 6.20 Å². The average molecular weight is 260 g/mol. The number of anilines is 1. The van der Waals surface area contributed by atoms with Crippen molar-refractivity contribution in [1.29, 1.82) is 0 Å². The van der Waals surface area contributed by atoms with Gasteiger partial charge < -0.3 is 20.7 Å². The zero-order valence-electron chi connectivity index (χ0n) is 10.6. The Bertz CT molecular complexity index is 592. The molecule has 100 valence electrons. The molecule has 1 amide bonds. The van der Waals surface area contributed by atoms with E-state index < -0.39 is 0 Å². The van der Waals surface area contributed by atoms with Gasteiger partial charge in [0.15, 0.2) is 0 Å². The number of nitrogen functional groups attached to an aromatic ring is 1. The van der Waals surface area contributed by atoms with Crippen LogP contribution in [0.4, 0.5) is 5.69 Å². The molecule has 0 atom stereocenters. The van der Waals surface area contributed by atoms with Gasteiger partial charge in [0.1, 0.15) is 11.6 Å². The molecule has 0 saturated carbocycles. The first-order valence-corrected chi connectivity index (χ1v) is 5.91. The van der Waals surface area contributed by atoms with Gasteiger partial charge >= 0.3 is 0 Å². The molecule has 6 heteroatoms. The molecule has 0 aliphatic heterocycles. The number of carbonyl (C=O) groups is 1. The van der Waals surface area contributed by atoms with Crippen LogP contribution in [-0.2, 0) is 13.5 Å². The van der Waals surface area contributed by atoms with Crippen molar-refractivity contribution in [1.82, 2.24) is 14.9 Å². The number of hydrogen-bond donors (Lipinski definition) is 3. The zero-order chi connectivity index (χ0) is 13.8. The van der Waals surface area contributed by atoms with Gasteiger partial charge in [-0.3, -0.25) is 4.79 Å². The van der Waals surface area contributed by atoms with E-state index in [2.05, 4.69) is 10.3 Å². The Morgan fingerprint density at radius 1 is 1.53 bits per heavy atom. The second-order valence-corrected chi connectivity index (χ2v) is 4.23. The van der Waals surface area contributed by atoms with E-state index in [4.69, 9.17) is 5.73 Å². The molecular weight excluding hydrogens is 244 g/mol. The maximum Gasteiger partial charge on any atom is 0.253 e. The van der Waals surface area contributed by atoms with E-state index in [0.717, 1.165) is 5.82 Å². The Morgan fingerprint density at radius 3 is 3.00 bits per heavy atom. The Labute approximate surface area is 110 Å². The number of amides is 1. The molecule has 2 aromatic rings. The van der Waals surface area contributed by atoms with E-state index in [0.29, 0.717) is 18.7 Å². The molecule has 1 aromatic heterocycles. The number of phenolic OH excluding ortho intramolecular Hbond substituents is 1. The summed E-state index contributed by atoms with van der Waals surface area (Å²) in [5.74, 6) is 0.607. The van der Waals surface area contributed by atoms with Crippen LogP contribution in [0.1, 0.15) is 16.2 Å². The number of nitrogens with zero attached hydrogens (tertiary/aromatic N) is 2. The standard InChI is InChI=1S/C13H16N4O2/c1-17-7-6-15-12(17)4-5-16-13(19)10-8-9(18)2-3-11(10)14/h2-3,6-8,18H,4-5,14H2,1H3,(H,16,19). The van der Waals surface area contributed by atoms with Crippen molar-refractivity contribution in [2.45, 2.75) is 6.42 Å². The third-order valence-corrected chi connectivity index (χ3v) is 2.84. The smallest absolute Gasteiger partial charge is 0.253 e. The fourth-order valence-electron chi connectivity index (χ4n) is 1.76. The monoisotopic (exact) mass is 260 g/mol. The molecule has 0 unspecified atom stereocenters. The summed E-state index contributed by atoms with van der Waals surface area (Å²) in [6, 6.07) is 4.30. The van der Waals surface area contributed by atoms with E-state index in [-0.39, 0.29) is 17.2 Å². The Kier molecular flexibility index (Phi) is 3.70. The first kappa shape index (κ1) is 12.9.